The molecule has 0 atom stereocenters. The highest BCUT2D eigenvalue weighted by molar-refractivity contribution is 9.10. The molecule has 0 spiro atoms. The second-order valence-electron chi connectivity index (χ2n) is 4.85. The molecule has 20 heavy (non-hydrogen) atoms. The van der Waals surface area contributed by atoms with E-state index in [9.17, 15) is 9.59 Å². The Morgan fingerprint density at radius 2 is 2.05 bits per heavy atom. The highest BCUT2D eigenvalue weighted by atomic mass is 79.9. The van der Waals surface area contributed by atoms with Crippen molar-refractivity contribution in [3.8, 4) is 5.69 Å². The lowest BCUT2D eigenvalue weighted by Gasteiger charge is -2.15. The zero-order chi connectivity index (χ0) is 14.3. The van der Waals surface area contributed by atoms with Crippen molar-refractivity contribution in [1.29, 1.82) is 0 Å². The van der Waals surface area contributed by atoms with Crippen molar-refractivity contribution in [2.75, 3.05) is 0 Å². The fourth-order valence-electron chi connectivity index (χ4n) is 2.62. The maximum Gasteiger partial charge on any atom is 0.249 e. The second-order valence-corrected chi connectivity index (χ2v) is 5.71. The lowest BCUT2D eigenvalue weighted by molar-refractivity contribution is 0.0969. The van der Waals surface area contributed by atoms with Crippen LogP contribution in [-0.2, 0) is 6.42 Å². The summed E-state index contributed by atoms with van der Waals surface area (Å²) in [6.45, 7) is 0. The average Bonchev–Trinajstić information content (AvgIpc) is 2.84. The summed E-state index contributed by atoms with van der Waals surface area (Å²) in [6.07, 6.45) is 4.23. The van der Waals surface area contributed by atoms with Crippen LogP contribution in [0, 0.1) is 0 Å². The van der Waals surface area contributed by atoms with Gasteiger partial charge in [-0.15, -0.1) is 0 Å². The quantitative estimate of drug-likeness (QED) is 0.918. The van der Waals surface area contributed by atoms with Gasteiger partial charge in [-0.05, 0) is 53.0 Å². The normalized spacial score (nSPS) is 14.2. The molecule has 102 valence electrons. The molecule has 0 fully saturated rings. The molecule has 2 aromatic rings. The number of primary amides is 1. The van der Waals surface area contributed by atoms with Crippen LogP contribution in [0.2, 0.25) is 0 Å². The summed E-state index contributed by atoms with van der Waals surface area (Å²) in [7, 11) is 0. The Kier molecular flexibility index (Phi) is 3.22. The fraction of sp³-hybridized carbons (Fsp3) is 0.200. The maximum absolute atomic E-state index is 11.9. The van der Waals surface area contributed by atoms with Crippen LogP contribution in [0.15, 0.2) is 34.9 Å². The molecule has 0 radical (unpaired) electrons. The van der Waals surface area contributed by atoms with Crippen LogP contribution in [0.5, 0.6) is 0 Å². The number of hydrogen-bond donors (Lipinski definition) is 1. The van der Waals surface area contributed by atoms with Crippen molar-refractivity contribution >= 4 is 27.6 Å². The van der Waals surface area contributed by atoms with Crippen molar-refractivity contribution < 1.29 is 9.59 Å². The Bertz CT molecular complexity index is 719. The molecule has 1 aliphatic carbocycles. The number of carbonyl (C=O) groups is 2. The van der Waals surface area contributed by atoms with Crippen molar-refractivity contribution in [2.24, 2.45) is 5.73 Å². The predicted molar refractivity (Wildman–Crippen MR) is 79.3 cm³/mol. The van der Waals surface area contributed by atoms with E-state index < -0.39 is 5.91 Å². The number of fused-ring (bicyclic) bond motifs is 1. The number of amides is 1. The van der Waals surface area contributed by atoms with E-state index in [0.29, 0.717) is 16.5 Å². The van der Waals surface area contributed by atoms with Gasteiger partial charge >= 0.3 is 0 Å². The summed E-state index contributed by atoms with van der Waals surface area (Å²) in [5, 5.41) is 0. The molecule has 0 aliphatic heterocycles. The lowest BCUT2D eigenvalue weighted by atomic mass is 9.96. The van der Waals surface area contributed by atoms with E-state index >= 15 is 0 Å². The minimum absolute atomic E-state index is 0.192. The highest BCUT2D eigenvalue weighted by Crippen LogP contribution is 2.27. The van der Waals surface area contributed by atoms with E-state index in [4.69, 9.17) is 5.73 Å². The third-order valence-corrected chi connectivity index (χ3v) is 4.29. The van der Waals surface area contributed by atoms with Gasteiger partial charge in [-0.25, -0.2) is 0 Å². The van der Waals surface area contributed by atoms with E-state index in [1.165, 1.54) is 0 Å². The summed E-state index contributed by atoms with van der Waals surface area (Å²) in [5.74, 6) is -0.284. The highest BCUT2D eigenvalue weighted by Gasteiger charge is 2.21. The van der Waals surface area contributed by atoms with Gasteiger partial charge in [-0.3, -0.25) is 9.59 Å². The third kappa shape index (κ3) is 2.08. The molecule has 5 heteroatoms. The number of benzene rings is 1. The SMILES string of the molecule is NC(=O)c1cc(-n2ccc3c2CCCC3=O)ccc1Br. The van der Waals surface area contributed by atoms with E-state index in [1.807, 2.05) is 22.9 Å². The number of rotatable bonds is 2. The third-order valence-electron chi connectivity index (χ3n) is 3.60. The van der Waals surface area contributed by atoms with Gasteiger partial charge in [0.1, 0.15) is 0 Å². The Morgan fingerprint density at radius 3 is 2.80 bits per heavy atom. The van der Waals surface area contributed by atoms with Crippen LogP contribution in [0.25, 0.3) is 5.69 Å². The van der Waals surface area contributed by atoms with Crippen molar-refractivity contribution in [3.05, 3.63) is 51.8 Å². The molecule has 2 N–H and O–H groups in total. The number of ketones is 1. The largest absolute Gasteiger partial charge is 0.366 e. The van der Waals surface area contributed by atoms with Gasteiger partial charge in [0.2, 0.25) is 5.91 Å². The molecule has 4 nitrogen and oxygen atoms in total. The molecular weight excluding hydrogens is 320 g/mol. The van der Waals surface area contributed by atoms with Gasteiger partial charge in [-0.1, -0.05) is 0 Å². The van der Waals surface area contributed by atoms with Gasteiger partial charge in [-0.2, -0.15) is 0 Å². The monoisotopic (exact) mass is 332 g/mol. The minimum Gasteiger partial charge on any atom is -0.366 e. The second kappa shape index (κ2) is 4.90. The number of nitrogens with zero attached hydrogens (tertiary/aromatic N) is 1. The number of halogens is 1. The standard InChI is InChI=1S/C15H13BrN2O2/c16-12-5-4-9(8-11(12)15(17)20)18-7-6-10-13(18)2-1-3-14(10)19/h4-8H,1-3H2,(H2,17,20). The van der Waals surface area contributed by atoms with Crippen LogP contribution < -0.4 is 5.73 Å². The zero-order valence-corrected chi connectivity index (χ0v) is 12.3. The van der Waals surface area contributed by atoms with E-state index in [0.717, 1.165) is 29.8 Å². The van der Waals surface area contributed by atoms with E-state index in [1.54, 1.807) is 12.1 Å². The Balaban J connectivity index is 2.13. The molecule has 0 saturated carbocycles. The van der Waals surface area contributed by atoms with Crippen LogP contribution in [-0.4, -0.2) is 16.3 Å². The number of nitrogens with two attached hydrogens (primary N) is 1. The van der Waals surface area contributed by atoms with Crippen LogP contribution >= 0.6 is 15.9 Å². The summed E-state index contributed by atoms with van der Waals surface area (Å²) >= 11 is 3.31. The molecular formula is C15H13BrN2O2. The first kappa shape index (κ1) is 13.1. The van der Waals surface area contributed by atoms with Gasteiger partial charge in [0.05, 0.1) is 5.56 Å². The van der Waals surface area contributed by atoms with E-state index in [2.05, 4.69) is 15.9 Å². The zero-order valence-electron chi connectivity index (χ0n) is 10.7. The van der Waals surface area contributed by atoms with Gasteiger partial charge < -0.3 is 10.3 Å². The van der Waals surface area contributed by atoms with Gasteiger partial charge in [0.15, 0.2) is 5.78 Å². The molecule has 1 aliphatic rings. The Hall–Kier alpha value is -1.88. The number of Topliss-reactive ketones (excluding diaryl/α,β-unsaturated/α-hetero) is 1. The first-order valence-electron chi connectivity index (χ1n) is 6.41. The number of aromatic nitrogens is 1. The average molecular weight is 333 g/mol. The Labute approximate surface area is 124 Å². The smallest absolute Gasteiger partial charge is 0.249 e. The van der Waals surface area contributed by atoms with Gasteiger partial charge in [0, 0.05) is 34.0 Å². The maximum atomic E-state index is 11.9. The number of hydrogen-bond acceptors (Lipinski definition) is 2. The van der Waals surface area contributed by atoms with Crippen LogP contribution in [0.4, 0.5) is 0 Å². The molecule has 3 rings (SSSR count). The topological polar surface area (TPSA) is 65.1 Å². The first-order valence-corrected chi connectivity index (χ1v) is 7.20. The molecule has 0 unspecified atom stereocenters. The van der Waals surface area contributed by atoms with Gasteiger partial charge in [0.25, 0.3) is 0 Å². The summed E-state index contributed by atoms with van der Waals surface area (Å²) in [6, 6.07) is 7.29. The first-order chi connectivity index (χ1) is 9.58. The molecule has 1 amide bonds. The lowest BCUT2D eigenvalue weighted by Crippen LogP contribution is -2.14. The molecule has 1 aromatic heterocycles. The van der Waals surface area contributed by atoms with Crippen LogP contribution in [0.3, 0.4) is 0 Å². The predicted octanol–water partition coefficient (Wildman–Crippen LogP) is 2.86. The van der Waals surface area contributed by atoms with E-state index in [-0.39, 0.29) is 5.78 Å². The van der Waals surface area contributed by atoms with Crippen molar-refractivity contribution in [3.63, 3.8) is 0 Å². The fourth-order valence-corrected chi connectivity index (χ4v) is 3.06. The van der Waals surface area contributed by atoms with Crippen molar-refractivity contribution in [2.45, 2.75) is 19.3 Å². The minimum atomic E-state index is -0.476. The molecule has 1 heterocycles. The molecule has 0 saturated heterocycles. The number of carbonyl (C=O) groups excluding carboxylic acids is 2. The van der Waals surface area contributed by atoms with Crippen molar-refractivity contribution in [1.82, 2.24) is 4.57 Å². The summed E-state index contributed by atoms with van der Waals surface area (Å²) in [5.41, 5.74) is 8.45. The van der Waals surface area contributed by atoms with Crippen LogP contribution in [0.1, 0.15) is 39.3 Å². The molecule has 1 aromatic carbocycles. The summed E-state index contributed by atoms with van der Waals surface area (Å²) < 4.78 is 2.64. The summed E-state index contributed by atoms with van der Waals surface area (Å²) in [4.78, 5) is 23.3. The molecule has 0 bridgehead atoms. The Morgan fingerprint density at radius 1 is 1.25 bits per heavy atom.